The summed E-state index contributed by atoms with van der Waals surface area (Å²) in [5.41, 5.74) is 21.8. The Balaban J connectivity index is 1.15. The van der Waals surface area contributed by atoms with Gasteiger partial charge in [0.15, 0.2) is 0 Å². The highest BCUT2D eigenvalue weighted by Gasteiger charge is 2.36. The maximum absolute atomic E-state index is 2.59. The summed E-state index contributed by atoms with van der Waals surface area (Å²) in [6.45, 7) is 9.76. The van der Waals surface area contributed by atoms with Crippen molar-refractivity contribution in [1.82, 2.24) is 0 Å². The predicted octanol–water partition coefficient (Wildman–Crippen LogP) is 16.9. The lowest BCUT2D eigenvalue weighted by molar-refractivity contribution is 0.451. The minimum atomic E-state index is -0.0900. The van der Waals surface area contributed by atoms with Crippen LogP contribution < -0.4 is 0 Å². The first-order valence-electron chi connectivity index (χ1n) is 22.3. The van der Waals surface area contributed by atoms with Crippen LogP contribution in [-0.2, 0) is 17.3 Å². The smallest absolute Gasteiger partial charge is 0.0159 e. The van der Waals surface area contributed by atoms with Crippen molar-refractivity contribution in [2.45, 2.75) is 77.0 Å². The lowest BCUT2D eigenvalue weighted by Crippen LogP contribution is -2.19. The molecule has 0 nitrogen and oxygen atoms in total. The third kappa shape index (κ3) is 5.16. The lowest BCUT2D eigenvalue weighted by atomic mass is 9.76. The lowest BCUT2D eigenvalue weighted by Gasteiger charge is -2.29. The van der Waals surface area contributed by atoms with E-state index in [-0.39, 0.29) is 10.8 Å². The predicted molar refractivity (Wildman–Crippen MR) is 257 cm³/mol. The molecule has 0 aliphatic heterocycles. The van der Waals surface area contributed by atoms with Crippen molar-refractivity contribution >= 4 is 32.3 Å². The van der Waals surface area contributed by atoms with Gasteiger partial charge in [0, 0.05) is 5.41 Å². The van der Waals surface area contributed by atoms with Crippen LogP contribution in [0.15, 0.2) is 158 Å². The zero-order chi connectivity index (χ0) is 40.3. The molecule has 0 unspecified atom stereocenters. The number of aryl methyl sites for hydroxylation is 1. The minimum absolute atomic E-state index is 0.0900. The van der Waals surface area contributed by atoms with Gasteiger partial charge in [-0.25, -0.2) is 0 Å². The van der Waals surface area contributed by atoms with Crippen LogP contribution in [0.2, 0.25) is 0 Å². The molecule has 290 valence electrons. The summed E-state index contributed by atoms with van der Waals surface area (Å²) < 4.78 is 0. The van der Waals surface area contributed by atoms with Gasteiger partial charge in [-0.3, -0.25) is 0 Å². The molecule has 0 spiro atoms. The molecule has 0 aromatic heterocycles. The van der Waals surface area contributed by atoms with E-state index in [1.807, 2.05) is 0 Å². The number of hydrogen-bond acceptors (Lipinski definition) is 0. The van der Waals surface area contributed by atoms with E-state index >= 15 is 0 Å². The molecule has 0 atom stereocenters. The van der Waals surface area contributed by atoms with Crippen LogP contribution in [0.3, 0.4) is 0 Å². The average Bonchev–Trinajstić information content (AvgIpc) is 3.74. The van der Waals surface area contributed by atoms with Gasteiger partial charge in [0.05, 0.1) is 0 Å². The summed E-state index contributed by atoms with van der Waals surface area (Å²) in [5.74, 6) is 0. The summed E-state index contributed by atoms with van der Waals surface area (Å²) in [5, 5.41) is 7.94. The van der Waals surface area contributed by atoms with E-state index in [4.69, 9.17) is 0 Å². The minimum Gasteiger partial charge on any atom is -0.0619 e. The van der Waals surface area contributed by atoms with Gasteiger partial charge in [-0.1, -0.05) is 193 Å². The molecule has 3 aliphatic carbocycles. The van der Waals surface area contributed by atoms with E-state index in [0.29, 0.717) is 0 Å². The normalized spacial score (nSPS) is 15.9. The highest BCUT2D eigenvalue weighted by molar-refractivity contribution is 6.23. The molecule has 0 heteroatoms. The molecule has 0 bridgehead atoms. The van der Waals surface area contributed by atoms with Crippen LogP contribution in [0.25, 0.3) is 99.1 Å². The largest absolute Gasteiger partial charge is 0.0619 e. The van der Waals surface area contributed by atoms with Crippen molar-refractivity contribution in [1.29, 1.82) is 0 Å². The molecule has 12 rings (SSSR count). The summed E-state index contributed by atoms with van der Waals surface area (Å²) >= 11 is 0. The molecule has 60 heavy (non-hydrogen) atoms. The Labute approximate surface area is 354 Å². The fourth-order valence-corrected chi connectivity index (χ4v) is 11.8. The van der Waals surface area contributed by atoms with E-state index in [1.165, 1.54) is 160 Å². The Kier molecular flexibility index (Phi) is 7.81. The van der Waals surface area contributed by atoms with E-state index in [0.717, 1.165) is 0 Å². The van der Waals surface area contributed by atoms with Crippen molar-refractivity contribution in [3.05, 3.63) is 180 Å². The van der Waals surface area contributed by atoms with Gasteiger partial charge in [-0.15, -0.1) is 0 Å². The second kappa shape index (κ2) is 13.1. The molecule has 9 aromatic rings. The molecule has 9 aromatic carbocycles. The van der Waals surface area contributed by atoms with Crippen LogP contribution >= 0.6 is 0 Å². The maximum Gasteiger partial charge on any atom is 0.0159 e. The van der Waals surface area contributed by atoms with Crippen molar-refractivity contribution in [2.24, 2.45) is 0 Å². The van der Waals surface area contributed by atoms with Gasteiger partial charge in [-0.2, -0.15) is 0 Å². The van der Waals surface area contributed by atoms with E-state index in [1.54, 1.807) is 0 Å². The second-order valence-electron chi connectivity index (χ2n) is 19.1. The summed E-state index contributed by atoms with van der Waals surface area (Å²) in [7, 11) is 0. The molecule has 0 fully saturated rings. The summed E-state index contributed by atoms with van der Waals surface area (Å²) in [4.78, 5) is 0. The van der Waals surface area contributed by atoms with Gasteiger partial charge in [-0.05, 0) is 158 Å². The number of hydrogen-bond donors (Lipinski definition) is 0. The fraction of sp³-hybridized carbons (Fsp3) is 0.200. The quantitative estimate of drug-likeness (QED) is 0.157. The molecule has 0 radical (unpaired) electrons. The molecule has 0 amide bonds. The Bertz CT molecular complexity index is 3230. The zero-order valence-electron chi connectivity index (χ0n) is 35.3. The maximum atomic E-state index is 2.59. The third-order valence-electron chi connectivity index (χ3n) is 14.9. The van der Waals surface area contributed by atoms with Crippen LogP contribution in [0.5, 0.6) is 0 Å². The number of rotatable bonds is 3. The van der Waals surface area contributed by atoms with Gasteiger partial charge < -0.3 is 0 Å². The first-order chi connectivity index (χ1) is 29.3. The molecular weight excluding hydrogens is 721 g/mol. The SMILES string of the molecule is CC1(C)CCCCCCc2ccc(-c3c4ccccc4c(-c4ccc5c(c4)C(C)(C)c4ccccc4-5)c4cc(-c5ccc6c7c(cccc57)-c5ccccc5-6)ccc34)cc21. The summed E-state index contributed by atoms with van der Waals surface area (Å²) in [6.07, 6.45) is 7.63. The number of fused-ring (bicyclic) bond motifs is 9. The van der Waals surface area contributed by atoms with E-state index in [2.05, 4.69) is 185 Å². The van der Waals surface area contributed by atoms with Gasteiger partial charge in [0.1, 0.15) is 0 Å². The van der Waals surface area contributed by atoms with Crippen LogP contribution in [0.1, 0.15) is 82.1 Å². The van der Waals surface area contributed by atoms with Crippen molar-refractivity contribution < 1.29 is 0 Å². The first-order valence-corrected chi connectivity index (χ1v) is 22.3. The van der Waals surface area contributed by atoms with Crippen molar-refractivity contribution in [3.63, 3.8) is 0 Å². The average molecular weight is 771 g/mol. The number of benzene rings is 9. The van der Waals surface area contributed by atoms with Crippen LogP contribution in [-0.4, -0.2) is 0 Å². The topological polar surface area (TPSA) is 0 Å². The Morgan fingerprint density at radius 1 is 0.350 bits per heavy atom. The molecule has 0 saturated heterocycles. The standard InChI is InChI=1S/C60H50/c1-59(2)33-14-6-5-7-16-37-25-26-39(35-54(37)59)56-48-20-10-11-21-49(48)57(40-28-29-45-44-19-12-13-24-53(44)60(3,4)55(45)36-40)52-34-38(27-30-51(52)56)41-31-32-50-43-18-9-8-17-42(43)47-23-15-22-46(41)58(47)50/h8-13,15,17-32,34-36H,5-7,14,16,33H2,1-4H3. The highest BCUT2D eigenvalue weighted by atomic mass is 14.4. The second-order valence-corrected chi connectivity index (χ2v) is 19.1. The van der Waals surface area contributed by atoms with Gasteiger partial charge in [0.2, 0.25) is 0 Å². The van der Waals surface area contributed by atoms with Crippen LogP contribution in [0, 0.1) is 0 Å². The third-order valence-corrected chi connectivity index (χ3v) is 14.9. The molecule has 3 aliphatic rings. The first kappa shape index (κ1) is 35.7. The van der Waals surface area contributed by atoms with E-state index < -0.39 is 0 Å². The van der Waals surface area contributed by atoms with Crippen LogP contribution in [0.4, 0.5) is 0 Å². The molecule has 0 saturated carbocycles. The monoisotopic (exact) mass is 770 g/mol. The summed E-state index contributed by atoms with van der Waals surface area (Å²) in [6, 6.07) is 61.0. The van der Waals surface area contributed by atoms with Gasteiger partial charge in [0.25, 0.3) is 0 Å². The Morgan fingerprint density at radius 3 is 1.70 bits per heavy atom. The molecule has 0 heterocycles. The van der Waals surface area contributed by atoms with Crippen molar-refractivity contribution in [2.75, 3.05) is 0 Å². The van der Waals surface area contributed by atoms with Gasteiger partial charge >= 0.3 is 0 Å². The Morgan fingerprint density at radius 2 is 0.900 bits per heavy atom. The van der Waals surface area contributed by atoms with Crippen molar-refractivity contribution in [3.8, 4) is 66.8 Å². The highest BCUT2D eigenvalue weighted by Crippen LogP contribution is 2.53. The molecule has 0 N–H and O–H groups in total. The fourth-order valence-electron chi connectivity index (χ4n) is 11.8. The Hall–Kier alpha value is -6.24. The van der Waals surface area contributed by atoms with E-state index in [9.17, 15) is 0 Å². The molecular formula is C60H50. The zero-order valence-corrected chi connectivity index (χ0v) is 35.3.